The molecule has 2 aromatic carbocycles. The Morgan fingerprint density at radius 1 is 1.03 bits per heavy atom. The van der Waals surface area contributed by atoms with Gasteiger partial charge in [0.15, 0.2) is 0 Å². The molecule has 2 aliphatic rings. The van der Waals surface area contributed by atoms with Crippen molar-refractivity contribution in [2.24, 2.45) is 0 Å². The van der Waals surface area contributed by atoms with Gasteiger partial charge in [0.05, 0.1) is 4.91 Å². The molecule has 2 aromatic rings. The van der Waals surface area contributed by atoms with Crippen LogP contribution in [0.25, 0.3) is 6.08 Å². The van der Waals surface area contributed by atoms with Crippen LogP contribution in [0.2, 0.25) is 0 Å². The fraction of sp³-hybridized carbons (Fsp3) is 0.261. The molecular weight excluding hydrogens is 398 g/mol. The zero-order valence-electron chi connectivity index (χ0n) is 16.8. The Morgan fingerprint density at radius 2 is 1.70 bits per heavy atom. The summed E-state index contributed by atoms with van der Waals surface area (Å²) in [5, 5.41) is 2.28. The van der Waals surface area contributed by atoms with Gasteiger partial charge in [-0.25, -0.2) is 0 Å². The molecule has 0 radical (unpaired) electrons. The Morgan fingerprint density at radius 3 is 2.37 bits per heavy atom. The standard InChI is InChI=1S/C23H23N3O3S/c1-16-4-8-18(9-5-16)24-21(27)15-26-22(28)20(30-23(26)29)14-17-6-10-19(11-7-17)25-12-2-3-13-25/h4-11,14H,2-3,12-13,15H2,1H3,(H,24,27)/b20-14-. The summed E-state index contributed by atoms with van der Waals surface area (Å²) in [5.41, 5.74) is 3.74. The van der Waals surface area contributed by atoms with E-state index in [9.17, 15) is 14.4 Å². The summed E-state index contributed by atoms with van der Waals surface area (Å²) in [7, 11) is 0. The van der Waals surface area contributed by atoms with E-state index in [1.807, 2.05) is 43.3 Å². The number of benzene rings is 2. The molecule has 30 heavy (non-hydrogen) atoms. The van der Waals surface area contributed by atoms with Crippen molar-refractivity contribution in [3.63, 3.8) is 0 Å². The topological polar surface area (TPSA) is 69.7 Å². The van der Waals surface area contributed by atoms with Crippen LogP contribution in [0.3, 0.4) is 0 Å². The quantitative estimate of drug-likeness (QED) is 0.730. The summed E-state index contributed by atoms with van der Waals surface area (Å²) in [6.07, 6.45) is 4.13. The van der Waals surface area contributed by atoms with Crippen molar-refractivity contribution in [3.8, 4) is 0 Å². The van der Waals surface area contributed by atoms with Gasteiger partial charge in [0, 0.05) is 24.5 Å². The Labute approximate surface area is 179 Å². The predicted molar refractivity (Wildman–Crippen MR) is 120 cm³/mol. The van der Waals surface area contributed by atoms with Crippen LogP contribution >= 0.6 is 11.8 Å². The number of nitrogens with zero attached hydrogens (tertiary/aromatic N) is 2. The monoisotopic (exact) mass is 421 g/mol. The molecule has 6 nitrogen and oxygen atoms in total. The van der Waals surface area contributed by atoms with E-state index in [2.05, 4.69) is 10.2 Å². The summed E-state index contributed by atoms with van der Waals surface area (Å²) < 4.78 is 0. The normalized spacial score (nSPS) is 17.8. The van der Waals surface area contributed by atoms with Gasteiger partial charge in [-0.3, -0.25) is 19.3 Å². The zero-order chi connectivity index (χ0) is 21.1. The molecule has 0 atom stereocenters. The van der Waals surface area contributed by atoms with Crippen molar-refractivity contribution in [1.29, 1.82) is 0 Å². The van der Waals surface area contributed by atoms with E-state index in [1.165, 1.54) is 18.5 Å². The van der Waals surface area contributed by atoms with Gasteiger partial charge in [-0.05, 0) is 67.4 Å². The SMILES string of the molecule is Cc1ccc(NC(=O)CN2C(=O)S/C(=C\c3ccc(N4CCCC4)cc3)C2=O)cc1. The van der Waals surface area contributed by atoms with Gasteiger partial charge < -0.3 is 10.2 Å². The Hall–Kier alpha value is -3.06. The number of imide groups is 1. The van der Waals surface area contributed by atoms with Gasteiger partial charge in [-0.2, -0.15) is 0 Å². The molecular formula is C23H23N3O3S. The van der Waals surface area contributed by atoms with E-state index < -0.39 is 17.1 Å². The Bertz CT molecular complexity index is 993. The van der Waals surface area contributed by atoms with Crippen LogP contribution in [0, 0.1) is 6.92 Å². The maximum Gasteiger partial charge on any atom is 0.294 e. The van der Waals surface area contributed by atoms with E-state index in [4.69, 9.17) is 0 Å². The molecule has 0 saturated carbocycles. The number of carbonyl (C=O) groups is 3. The molecule has 2 saturated heterocycles. The molecule has 2 heterocycles. The first-order chi connectivity index (χ1) is 14.5. The van der Waals surface area contributed by atoms with Crippen molar-refractivity contribution in [1.82, 2.24) is 4.90 Å². The first kappa shape index (κ1) is 20.2. The van der Waals surface area contributed by atoms with Crippen molar-refractivity contribution < 1.29 is 14.4 Å². The fourth-order valence-corrected chi connectivity index (χ4v) is 4.36. The maximum absolute atomic E-state index is 12.7. The number of nitrogens with one attached hydrogen (secondary N) is 1. The lowest BCUT2D eigenvalue weighted by Gasteiger charge is -2.17. The van der Waals surface area contributed by atoms with Crippen LogP contribution in [-0.2, 0) is 9.59 Å². The highest BCUT2D eigenvalue weighted by atomic mass is 32.2. The van der Waals surface area contributed by atoms with Crippen molar-refractivity contribution in [2.75, 3.05) is 29.9 Å². The predicted octanol–water partition coefficient (Wildman–Crippen LogP) is 4.27. The molecule has 1 N–H and O–H groups in total. The van der Waals surface area contributed by atoms with Crippen LogP contribution < -0.4 is 10.2 Å². The smallest absolute Gasteiger partial charge is 0.294 e. The second-order valence-corrected chi connectivity index (χ2v) is 8.46. The summed E-state index contributed by atoms with van der Waals surface area (Å²) in [5.74, 6) is -0.843. The first-order valence-corrected chi connectivity index (χ1v) is 10.8. The van der Waals surface area contributed by atoms with Gasteiger partial charge >= 0.3 is 0 Å². The number of thioether (sulfide) groups is 1. The van der Waals surface area contributed by atoms with Crippen molar-refractivity contribution >= 4 is 46.3 Å². The van der Waals surface area contributed by atoms with E-state index in [-0.39, 0.29) is 6.54 Å². The molecule has 0 unspecified atom stereocenters. The molecule has 7 heteroatoms. The number of hydrogen-bond acceptors (Lipinski definition) is 5. The molecule has 0 aliphatic carbocycles. The number of anilines is 2. The summed E-state index contributed by atoms with van der Waals surface area (Å²) in [4.78, 5) is 40.9. The van der Waals surface area contributed by atoms with Gasteiger partial charge in [0.25, 0.3) is 11.1 Å². The Balaban J connectivity index is 1.40. The average molecular weight is 422 g/mol. The molecule has 4 rings (SSSR count). The highest BCUT2D eigenvalue weighted by Crippen LogP contribution is 2.32. The second kappa shape index (κ2) is 8.75. The third-order valence-corrected chi connectivity index (χ3v) is 6.08. The number of hydrogen-bond donors (Lipinski definition) is 1. The van der Waals surface area contributed by atoms with Crippen LogP contribution in [0.1, 0.15) is 24.0 Å². The van der Waals surface area contributed by atoms with Crippen LogP contribution in [0.15, 0.2) is 53.4 Å². The third kappa shape index (κ3) is 4.57. The van der Waals surface area contributed by atoms with Crippen LogP contribution in [-0.4, -0.2) is 41.6 Å². The van der Waals surface area contributed by atoms with E-state index in [0.717, 1.165) is 40.9 Å². The maximum atomic E-state index is 12.7. The number of rotatable bonds is 5. The Kier molecular flexibility index (Phi) is 5.90. The molecule has 2 fully saturated rings. The largest absolute Gasteiger partial charge is 0.372 e. The van der Waals surface area contributed by atoms with Gasteiger partial charge in [0.1, 0.15) is 6.54 Å². The number of aryl methyl sites for hydroxylation is 1. The highest BCUT2D eigenvalue weighted by Gasteiger charge is 2.36. The van der Waals surface area contributed by atoms with Crippen molar-refractivity contribution in [2.45, 2.75) is 19.8 Å². The highest BCUT2D eigenvalue weighted by molar-refractivity contribution is 8.18. The minimum atomic E-state index is -0.437. The fourth-order valence-electron chi connectivity index (χ4n) is 3.53. The van der Waals surface area contributed by atoms with Gasteiger partial charge in [-0.1, -0.05) is 29.8 Å². The third-order valence-electron chi connectivity index (χ3n) is 5.17. The molecule has 2 aliphatic heterocycles. The summed E-state index contributed by atoms with van der Waals surface area (Å²) >= 11 is 0.865. The van der Waals surface area contributed by atoms with Gasteiger partial charge in [0.2, 0.25) is 5.91 Å². The lowest BCUT2D eigenvalue weighted by atomic mass is 10.2. The van der Waals surface area contributed by atoms with Crippen LogP contribution in [0.5, 0.6) is 0 Å². The zero-order valence-corrected chi connectivity index (χ0v) is 17.6. The molecule has 0 spiro atoms. The number of amides is 3. The molecule has 3 amide bonds. The van der Waals surface area contributed by atoms with Crippen molar-refractivity contribution in [3.05, 3.63) is 64.6 Å². The number of carbonyl (C=O) groups excluding carboxylic acids is 3. The average Bonchev–Trinajstić information content (AvgIpc) is 3.35. The van der Waals surface area contributed by atoms with E-state index in [0.29, 0.717) is 10.6 Å². The second-order valence-electron chi connectivity index (χ2n) is 7.47. The lowest BCUT2D eigenvalue weighted by Crippen LogP contribution is -2.36. The first-order valence-electron chi connectivity index (χ1n) is 9.96. The molecule has 0 bridgehead atoms. The lowest BCUT2D eigenvalue weighted by molar-refractivity contribution is -0.127. The summed E-state index contributed by atoms with van der Waals surface area (Å²) in [6, 6.07) is 15.3. The van der Waals surface area contributed by atoms with E-state index in [1.54, 1.807) is 18.2 Å². The van der Waals surface area contributed by atoms with E-state index >= 15 is 0 Å². The minimum Gasteiger partial charge on any atom is -0.372 e. The van der Waals surface area contributed by atoms with Gasteiger partial charge in [-0.15, -0.1) is 0 Å². The van der Waals surface area contributed by atoms with Crippen LogP contribution in [0.4, 0.5) is 16.2 Å². The summed E-state index contributed by atoms with van der Waals surface area (Å²) in [6.45, 7) is 3.80. The minimum absolute atomic E-state index is 0.302. The molecule has 154 valence electrons. The molecule has 0 aromatic heterocycles.